The highest BCUT2D eigenvalue weighted by molar-refractivity contribution is 7.89. The van der Waals surface area contributed by atoms with Crippen molar-refractivity contribution in [3.8, 4) is 5.75 Å². The molecule has 2 aromatic carbocycles. The molecule has 0 spiro atoms. The molecule has 122 valence electrons. The average Bonchev–Trinajstić information content (AvgIpc) is 2.77. The summed E-state index contributed by atoms with van der Waals surface area (Å²) in [6.07, 6.45) is 1.43. The summed E-state index contributed by atoms with van der Waals surface area (Å²) < 4.78 is 32.5. The zero-order chi connectivity index (χ0) is 16.4. The van der Waals surface area contributed by atoms with Gasteiger partial charge < -0.3 is 4.74 Å². The maximum atomic E-state index is 12.8. The molecular weight excluding hydrogens is 310 g/mol. The minimum atomic E-state index is -3.43. The van der Waals surface area contributed by atoms with E-state index in [1.54, 1.807) is 23.5 Å². The van der Waals surface area contributed by atoms with Crippen LogP contribution in [0.15, 0.2) is 47.4 Å². The van der Waals surface area contributed by atoms with E-state index in [0.717, 1.165) is 17.7 Å². The number of rotatable bonds is 3. The van der Waals surface area contributed by atoms with Gasteiger partial charge in [0, 0.05) is 13.1 Å². The first-order chi connectivity index (χ1) is 11.0. The molecule has 1 aliphatic rings. The van der Waals surface area contributed by atoms with Gasteiger partial charge >= 0.3 is 0 Å². The molecule has 5 heteroatoms. The predicted molar refractivity (Wildman–Crippen MR) is 90.3 cm³/mol. The number of methoxy groups -OCH3 is 1. The lowest BCUT2D eigenvalue weighted by molar-refractivity contribution is 0.414. The monoisotopic (exact) mass is 331 g/mol. The number of fused-ring (bicyclic) bond motifs is 1. The van der Waals surface area contributed by atoms with Gasteiger partial charge in [-0.25, -0.2) is 8.42 Å². The Hall–Kier alpha value is -1.85. The van der Waals surface area contributed by atoms with Gasteiger partial charge in [0.25, 0.3) is 0 Å². The van der Waals surface area contributed by atoms with E-state index >= 15 is 0 Å². The van der Waals surface area contributed by atoms with Crippen LogP contribution >= 0.6 is 0 Å². The molecule has 0 saturated carbocycles. The molecule has 4 nitrogen and oxygen atoms in total. The molecule has 0 aromatic heterocycles. The van der Waals surface area contributed by atoms with Crippen molar-refractivity contribution in [1.82, 2.24) is 4.31 Å². The normalized spacial score (nSPS) is 15.7. The molecular formula is C18H21NO3S. The second-order valence-electron chi connectivity index (χ2n) is 5.85. The van der Waals surface area contributed by atoms with Crippen LogP contribution in [0.2, 0.25) is 0 Å². The van der Waals surface area contributed by atoms with Crippen LogP contribution in [0.25, 0.3) is 0 Å². The van der Waals surface area contributed by atoms with Crippen LogP contribution in [-0.2, 0) is 22.9 Å². The molecule has 0 fully saturated rings. The molecule has 0 N–H and O–H groups in total. The molecule has 0 unspecified atom stereocenters. The molecule has 0 aliphatic carbocycles. The molecule has 1 aliphatic heterocycles. The smallest absolute Gasteiger partial charge is 0.243 e. The van der Waals surface area contributed by atoms with Crippen LogP contribution in [-0.4, -0.2) is 32.9 Å². The van der Waals surface area contributed by atoms with Crippen molar-refractivity contribution in [3.63, 3.8) is 0 Å². The lowest BCUT2D eigenvalue weighted by Gasteiger charge is -2.20. The molecule has 0 atom stereocenters. The van der Waals surface area contributed by atoms with Crippen LogP contribution in [0, 0.1) is 6.92 Å². The summed E-state index contributed by atoms with van der Waals surface area (Å²) in [5.74, 6) is 0.818. The van der Waals surface area contributed by atoms with E-state index in [0.29, 0.717) is 24.4 Å². The summed E-state index contributed by atoms with van der Waals surface area (Å²) in [5, 5.41) is 0. The zero-order valence-electron chi connectivity index (χ0n) is 13.5. The maximum absolute atomic E-state index is 12.8. The van der Waals surface area contributed by atoms with Gasteiger partial charge in [-0.05, 0) is 55.2 Å². The molecule has 0 bridgehead atoms. The van der Waals surface area contributed by atoms with Crippen LogP contribution in [0.5, 0.6) is 5.75 Å². The number of sulfonamides is 1. The lowest BCUT2D eigenvalue weighted by Crippen LogP contribution is -2.33. The van der Waals surface area contributed by atoms with Gasteiger partial charge in [-0.3, -0.25) is 0 Å². The number of hydrogen-bond donors (Lipinski definition) is 0. The van der Waals surface area contributed by atoms with E-state index in [1.165, 1.54) is 11.1 Å². The van der Waals surface area contributed by atoms with E-state index in [-0.39, 0.29) is 0 Å². The highest BCUT2D eigenvalue weighted by Crippen LogP contribution is 2.24. The van der Waals surface area contributed by atoms with Crippen LogP contribution in [0.1, 0.15) is 16.7 Å². The average molecular weight is 331 g/mol. The third-order valence-electron chi connectivity index (χ3n) is 4.33. The number of ether oxygens (including phenoxy) is 1. The van der Waals surface area contributed by atoms with Crippen molar-refractivity contribution in [3.05, 3.63) is 59.2 Å². The molecule has 1 heterocycles. The highest BCUT2D eigenvalue weighted by Gasteiger charge is 2.26. The fourth-order valence-corrected chi connectivity index (χ4v) is 4.35. The van der Waals surface area contributed by atoms with E-state index in [9.17, 15) is 8.42 Å². The molecule has 0 amide bonds. The topological polar surface area (TPSA) is 46.6 Å². The first kappa shape index (κ1) is 16.0. The van der Waals surface area contributed by atoms with Gasteiger partial charge in [-0.1, -0.05) is 23.8 Å². The van der Waals surface area contributed by atoms with Gasteiger partial charge in [0.1, 0.15) is 5.75 Å². The minimum absolute atomic E-state index is 0.367. The minimum Gasteiger partial charge on any atom is -0.497 e. The predicted octanol–water partition coefficient (Wildman–Crippen LogP) is 2.79. The molecule has 2 aromatic rings. The van der Waals surface area contributed by atoms with E-state index in [2.05, 4.69) is 0 Å². The lowest BCUT2D eigenvalue weighted by atomic mass is 10.0. The summed E-state index contributed by atoms with van der Waals surface area (Å²) in [5.41, 5.74) is 3.43. The molecule has 0 radical (unpaired) electrons. The van der Waals surface area contributed by atoms with Crippen molar-refractivity contribution < 1.29 is 13.2 Å². The van der Waals surface area contributed by atoms with Crippen molar-refractivity contribution >= 4 is 10.0 Å². The van der Waals surface area contributed by atoms with Gasteiger partial charge in [0.05, 0.1) is 12.0 Å². The summed E-state index contributed by atoms with van der Waals surface area (Å²) in [6, 6.07) is 13.0. The molecule has 0 saturated heterocycles. The van der Waals surface area contributed by atoms with Crippen molar-refractivity contribution in [2.45, 2.75) is 24.7 Å². The summed E-state index contributed by atoms with van der Waals surface area (Å²) in [7, 11) is -1.79. The van der Waals surface area contributed by atoms with Crippen molar-refractivity contribution in [2.24, 2.45) is 0 Å². The Morgan fingerprint density at radius 3 is 2.26 bits per heavy atom. The Bertz CT molecular complexity index is 798. The third kappa shape index (κ3) is 3.26. The molecule has 3 rings (SSSR count). The fraction of sp³-hybridized carbons (Fsp3) is 0.333. The number of aryl methyl sites for hydroxylation is 1. The van der Waals surface area contributed by atoms with E-state index in [4.69, 9.17) is 4.74 Å². The maximum Gasteiger partial charge on any atom is 0.243 e. The second-order valence-corrected chi connectivity index (χ2v) is 7.79. The second kappa shape index (κ2) is 6.34. The van der Waals surface area contributed by atoms with Gasteiger partial charge in [-0.2, -0.15) is 4.31 Å². The Morgan fingerprint density at radius 2 is 1.61 bits per heavy atom. The quantitative estimate of drug-likeness (QED) is 0.869. The third-order valence-corrected chi connectivity index (χ3v) is 6.25. The van der Waals surface area contributed by atoms with Crippen molar-refractivity contribution in [1.29, 1.82) is 0 Å². The van der Waals surface area contributed by atoms with Gasteiger partial charge in [-0.15, -0.1) is 0 Å². The largest absolute Gasteiger partial charge is 0.497 e. The number of benzene rings is 2. The Morgan fingerprint density at radius 1 is 0.957 bits per heavy atom. The fourth-order valence-electron chi connectivity index (χ4n) is 2.91. The summed E-state index contributed by atoms with van der Waals surface area (Å²) in [6.45, 7) is 2.96. The van der Waals surface area contributed by atoms with E-state index in [1.807, 2.05) is 37.3 Å². The Balaban J connectivity index is 1.85. The van der Waals surface area contributed by atoms with Gasteiger partial charge in [0.2, 0.25) is 10.0 Å². The zero-order valence-corrected chi connectivity index (χ0v) is 14.3. The highest BCUT2D eigenvalue weighted by atomic mass is 32.2. The standard InChI is InChI=1S/C18H21NO3S/c1-14-3-7-18(8-4-14)23(20,21)19-11-9-15-5-6-17(22-2)13-16(15)10-12-19/h3-8,13H,9-12H2,1-2H3. The molecule has 23 heavy (non-hydrogen) atoms. The van der Waals surface area contributed by atoms with Crippen molar-refractivity contribution in [2.75, 3.05) is 20.2 Å². The van der Waals surface area contributed by atoms with Crippen LogP contribution < -0.4 is 4.74 Å². The first-order valence-corrected chi connectivity index (χ1v) is 9.17. The van der Waals surface area contributed by atoms with E-state index < -0.39 is 10.0 Å². The Labute approximate surface area is 137 Å². The van der Waals surface area contributed by atoms with Crippen LogP contribution in [0.4, 0.5) is 0 Å². The first-order valence-electron chi connectivity index (χ1n) is 7.73. The number of nitrogens with zero attached hydrogens (tertiary/aromatic N) is 1. The Kier molecular flexibility index (Phi) is 4.41. The summed E-state index contributed by atoms with van der Waals surface area (Å²) >= 11 is 0. The van der Waals surface area contributed by atoms with Gasteiger partial charge in [0.15, 0.2) is 0 Å². The summed E-state index contributed by atoms with van der Waals surface area (Å²) in [4.78, 5) is 0.367. The SMILES string of the molecule is COc1ccc2c(c1)CCN(S(=O)(=O)c1ccc(C)cc1)CC2. The number of hydrogen-bond acceptors (Lipinski definition) is 3. The van der Waals surface area contributed by atoms with Crippen LogP contribution in [0.3, 0.4) is 0 Å².